The van der Waals surface area contributed by atoms with Crippen molar-refractivity contribution in [1.29, 1.82) is 0 Å². The van der Waals surface area contributed by atoms with Crippen LogP contribution in [0.1, 0.15) is 83.1 Å². The van der Waals surface area contributed by atoms with Gasteiger partial charge in [0.15, 0.2) is 0 Å². The average molecular weight is 322 g/mol. The monoisotopic (exact) mass is 322 g/mol. The Morgan fingerprint density at radius 2 is 1.13 bits per heavy atom. The third kappa shape index (κ3) is 11.0. The van der Waals surface area contributed by atoms with Crippen molar-refractivity contribution in [3.8, 4) is 11.5 Å². The van der Waals surface area contributed by atoms with Crippen molar-refractivity contribution in [3.05, 3.63) is 23.8 Å². The zero-order chi connectivity index (χ0) is 16.9. The Hall–Kier alpha value is -1.22. The molecule has 0 amide bonds. The molecule has 0 saturated carbocycles. The van der Waals surface area contributed by atoms with Gasteiger partial charge in [0.1, 0.15) is 11.5 Å². The summed E-state index contributed by atoms with van der Waals surface area (Å²) in [5.74, 6) is 0.293. The maximum atomic E-state index is 9.43. The number of aliphatic hydroxyl groups is 1. The lowest BCUT2D eigenvalue weighted by atomic mass is 10.0. The van der Waals surface area contributed by atoms with E-state index >= 15 is 0 Å². The quantitative estimate of drug-likeness (QED) is 0.431. The van der Waals surface area contributed by atoms with Crippen molar-refractivity contribution in [2.24, 2.45) is 0 Å². The van der Waals surface area contributed by atoms with E-state index in [2.05, 4.69) is 0 Å². The lowest BCUT2D eigenvalue weighted by molar-refractivity contribution is 0.180. The molecule has 0 heterocycles. The van der Waals surface area contributed by atoms with Gasteiger partial charge in [-0.25, -0.2) is 0 Å². The van der Waals surface area contributed by atoms with Crippen LogP contribution < -0.4 is 0 Å². The Morgan fingerprint density at radius 1 is 0.696 bits per heavy atom. The normalized spacial score (nSPS) is 12.4. The molecule has 0 aliphatic rings. The fraction of sp³-hybridized carbons (Fsp3) is 0.700. The highest BCUT2D eigenvalue weighted by atomic mass is 16.3. The van der Waals surface area contributed by atoms with E-state index in [1.54, 1.807) is 12.1 Å². The largest absolute Gasteiger partial charge is 0.508 e. The summed E-state index contributed by atoms with van der Waals surface area (Å²) in [7, 11) is 0. The Morgan fingerprint density at radius 3 is 1.61 bits per heavy atom. The number of aryl methyl sites for hydroxylation is 1. The lowest BCUT2D eigenvalue weighted by Gasteiger charge is -2.05. The van der Waals surface area contributed by atoms with Gasteiger partial charge in [-0.15, -0.1) is 0 Å². The van der Waals surface area contributed by atoms with Crippen molar-refractivity contribution in [2.75, 3.05) is 0 Å². The molecule has 23 heavy (non-hydrogen) atoms. The maximum absolute atomic E-state index is 9.43. The summed E-state index contributed by atoms with van der Waals surface area (Å²) in [5, 5.41) is 28.0. The van der Waals surface area contributed by atoms with Crippen LogP contribution in [0, 0.1) is 0 Å². The Kier molecular flexibility index (Phi) is 10.5. The first-order valence-electron chi connectivity index (χ1n) is 9.28. The first-order chi connectivity index (χ1) is 11.1. The van der Waals surface area contributed by atoms with Gasteiger partial charge in [-0.2, -0.15) is 0 Å². The molecule has 1 rings (SSSR count). The molecule has 0 saturated heterocycles. The molecule has 0 radical (unpaired) electrons. The molecule has 3 nitrogen and oxygen atoms in total. The zero-order valence-electron chi connectivity index (χ0n) is 14.6. The van der Waals surface area contributed by atoms with Crippen LogP contribution >= 0.6 is 0 Å². The smallest absolute Gasteiger partial charge is 0.119 e. The van der Waals surface area contributed by atoms with Gasteiger partial charge >= 0.3 is 0 Å². The van der Waals surface area contributed by atoms with E-state index in [0.717, 1.165) is 31.2 Å². The SMILES string of the molecule is C[C@@H](O)CCCCCCCCCCCCc1cc(O)cc(O)c1. The lowest BCUT2D eigenvalue weighted by Crippen LogP contribution is -1.98. The molecule has 0 aliphatic heterocycles. The number of phenolic OH excluding ortho intramolecular Hbond substituents is 2. The van der Waals surface area contributed by atoms with E-state index in [1.165, 1.54) is 57.4 Å². The minimum Gasteiger partial charge on any atom is -0.508 e. The second-order valence-electron chi connectivity index (χ2n) is 6.78. The predicted molar refractivity (Wildman–Crippen MR) is 95.9 cm³/mol. The third-order valence-electron chi connectivity index (χ3n) is 4.30. The van der Waals surface area contributed by atoms with Crippen LogP contribution in [0.15, 0.2) is 18.2 Å². The summed E-state index contributed by atoms with van der Waals surface area (Å²) in [6, 6.07) is 4.84. The molecule has 3 N–H and O–H groups in total. The Bertz CT molecular complexity index is 395. The summed E-state index contributed by atoms with van der Waals surface area (Å²) in [4.78, 5) is 0. The standard InChI is InChI=1S/C20H34O3/c1-17(21)12-10-8-6-4-2-3-5-7-9-11-13-18-14-19(22)16-20(23)15-18/h14-17,21-23H,2-13H2,1H3/t17-/m1/s1. The van der Waals surface area contributed by atoms with E-state index < -0.39 is 0 Å². The summed E-state index contributed by atoms with van der Waals surface area (Å²) in [6.45, 7) is 1.86. The minimum atomic E-state index is -0.140. The second kappa shape index (κ2) is 12.2. The number of aliphatic hydroxyl groups excluding tert-OH is 1. The van der Waals surface area contributed by atoms with Crippen molar-refractivity contribution < 1.29 is 15.3 Å². The van der Waals surface area contributed by atoms with Crippen LogP contribution in [0.4, 0.5) is 0 Å². The number of hydrogen-bond donors (Lipinski definition) is 3. The number of aromatic hydroxyl groups is 2. The van der Waals surface area contributed by atoms with E-state index in [0.29, 0.717) is 0 Å². The van der Waals surface area contributed by atoms with Crippen LogP contribution in [0.25, 0.3) is 0 Å². The number of unbranched alkanes of at least 4 members (excludes halogenated alkanes) is 9. The topological polar surface area (TPSA) is 60.7 Å². The molecule has 0 unspecified atom stereocenters. The van der Waals surface area contributed by atoms with Gasteiger partial charge in [-0.05, 0) is 43.9 Å². The zero-order valence-corrected chi connectivity index (χ0v) is 14.6. The van der Waals surface area contributed by atoms with Crippen LogP contribution in [0.2, 0.25) is 0 Å². The van der Waals surface area contributed by atoms with Crippen molar-refractivity contribution in [1.82, 2.24) is 0 Å². The molecular formula is C20H34O3. The van der Waals surface area contributed by atoms with Gasteiger partial charge in [0.05, 0.1) is 6.10 Å². The summed E-state index contributed by atoms with van der Waals surface area (Å²) in [6.07, 6.45) is 14.3. The summed E-state index contributed by atoms with van der Waals surface area (Å²) in [5.41, 5.74) is 1.01. The maximum Gasteiger partial charge on any atom is 0.119 e. The van der Waals surface area contributed by atoms with Gasteiger partial charge in [0.25, 0.3) is 0 Å². The van der Waals surface area contributed by atoms with E-state index in [4.69, 9.17) is 0 Å². The second-order valence-corrected chi connectivity index (χ2v) is 6.78. The van der Waals surface area contributed by atoms with Crippen molar-refractivity contribution in [2.45, 2.75) is 90.1 Å². The van der Waals surface area contributed by atoms with Crippen LogP contribution in [-0.2, 0) is 6.42 Å². The molecular weight excluding hydrogens is 288 g/mol. The first kappa shape index (κ1) is 19.8. The molecule has 0 aliphatic carbocycles. The molecule has 1 aromatic rings. The summed E-state index contributed by atoms with van der Waals surface area (Å²) >= 11 is 0. The highest BCUT2D eigenvalue weighted by Crippen LogP contribution is 2.22. The van der Waals surface area contributed by atoms with Gasteiger partial charge in [0, 0.05) is 6.07 Å². The predicted octanol–water partition coefficient (Wildman–Crippen LogP) is 5.31. The van der Waals surface area contributed by atoms with Gasteiger partial charge in [0.2, 0.25) is 0 Å². The molecule has 1 atom stereocenters. The Labute approximate surface area is 141 Å². The Balaban J connectivity index is 1.88. The highest BCUT2D eigenvalue weighted by molar-refractivity contribution is 5.36. The van der Waals surface area contributed by atoms with Crippen LogP contribution in [0.3, 0.4) is 0 Å². The highest BCUT2D eigenvalue weighted by Gasteiger charge is 2.00. The fourth-order valence-electron chi connectivity index (χ4n) is 2.98. The first-order valence-corrected chi connectivity index (χ1v) is 9.28. The average Bonchev–Trinajstić information content (AvgIpc) is 2.47. The molecule has 0 spiro atoms. The molecule has 132 valence electrons. The molecule has 3 heteroatoms. The number of phenols is 2. The van der Waals surface area contributed by atoms with Gasteiger partial charge < -0.3 is 15.3 Å². The molecule has 0 fully saturated rings. The third-order valence-corrected chi connectivity index (χ3v) is 4.30. The van der Waals surface area contributed by atoms with Gasteiger partial charge in [-0.1, -0.05) is 57.8 Å². The van der Waals surface area contributed by atoms with Gasteiger partial charge in [-0.3, -0.25) is 0 Å². The molecule has 0 bridgehead atoms. The van der Waals surface area contributed by atoms with Crippen LogP contribution in [0.5, 0.6) is 11.5 Å². The fourth-order valence-corrected chi connectivity index (χ4v) is 2.98. The van der Waals surface area contributed by atoms with Crippen LogP contribution in [-0.4, -0.2) is 21.4 Å². The van der Waals surface area contributed by atoms with E-state index in [9.17, 15) is 15.3 Å². The van der Waals surface area contributed by atoms with Crippen molar-refractivity contribution >= 4 is 0 Å². The number of benzene rings is 1. The number of rotatable bonds is 13. The molecule has 1 aromatic carbocycles. The van der Waals surface area contributed by atoms with Crippen molar-refractivity contribution in [3.63, 3.8) is 0 Å². The molecule has 0 aromatic heterocycles. The van der Waals surface area contributed by atoms with E-state index in [-0.39, 0.29) is 17.6 Å². The number of hydrogen-bond acceptors (Lipinski definition) is 3. The minimum absolute atomic E-state index is 0.140. The summed E-state index contributed by atoms with van der Waals surface area (Å²) < 4.78 is 0. The van der Waals surface area contributed by atoms with E-state index in [1.807, 2.05) is 6.92 Å².